The maximum atomic E-state index is 13.2. The lowest BCUT2D eigenvalue weighted by Gasteiger charge is -2.16. The standard InChI is InChI=1S/C20H22F3N3O/c1-13(25(2)3)10-18(27)15-8-6-14(7-9-15)17-11-16(20(21,22)23)12-19(24-17)26(4)5/h6-12H,1-5H3. The maximum absolute atomic E-state index is 13.2. The maximum Gasteiger partial charge on any atom is 0.416 e. The highest BCUT2D eigenvalue weighted by molar-refractivity contribution is 6.05. The first-order valence-electron chi connectivity index (χ1n) is 8.26. The second-order valence-corrected chi connectivity index (χ2v) is 6.61. The molecule has 0 saturated carbocycles. The second-order valence-electron chi connectivity index (χ2n) is 6.61. The van der Waals surface area contributed by atoms with Crippen molar-refractivity contribution in [2.75, 3.05) is 33.1 Å². The highest BCUT2D eigenvalue weighted by Gasteiger charge is 2.32. The molecule has 4 nitrogen and oxygen atoms in total. The summed E-state index contributed by atoms with van der Waals surface area (Å²) in [6.07, 6.45) is -2.95. The van der Waals surface area contributed by atoms with Gasteiger partial charge in [0.05, 0.1) is 11.3 Å². The van der Waals surface area contributed by atoms with Crippen molar-refractivity contribution in [3.63, 3.8) is 0 Å². The summed E-state index contributed by atoms with van der Waals surface area (Å²) in [5.41, 5.74) is 1.21. The van der Waals surface area contributed by atoms with Crippen molar-refractivity contribution in [3.8, 4) is 11.3 Å². The second kappa shape index (κ2) is 7.82. The Kier molecular flexibility index (Phi) is 5.93. The summed E-state index contributed by atoms with van der Waals surface area (Å²) >= 11 is 0. The van der Waals surface area contributed by atoms with E-state index in [4.69, 9.17) is 0 Å². The number of benzene rings is 1. The fraction of sp³-hybridized carbons (Fsp3) is 0.300. The Bertz CT molecular complexity index is 854. The van der Waals surface area contributed by atoms with Gasteiger partial charge in [0.15, 0.2) is 5.78 Å². The number of allylic oxidation sites excluding steroid dienone is 2. The summed E-state index contributed by atoms with van der Waals surface area (Å²) in [5, 5.41) is 0. The molecule has 1 heterocycles. The molecule has 7 heteroatoms. The summed E-state index contributed by atoms with van der Waals surface area (Å²) in [4.78, 5) is 19.9. The van der Waals surface area contributed by atoms with Crippen LogP contribution in [0.3, 0.4) is 0 Å². The molecule has 144 valence electrons. The lowest BCUT2D eigenvalue weighted by Crippen LogP contribution is -2.14. The van der Waals surface area contributed by atoms with Crippen molar-refractivity contribution in [2.24, 2.45) is 0 Å². The van der Waals surface area contributed by atoms with E-state index >= 15 is 0 Å². The molecule has 2 rings (SSSR count). The van der Waals surface area contributed by atoms with Gasteiger partial charge in [0.25, 0.3) is 0 Å². The van der Waals surface area contributed by atoms with Crippen LogP contribution in [0.4, 0.5) is 19.0 Å². The number of pyridine rings is 1. The van der Waals surface area contributed by atoms with Gasteiger partial charge in [-0.05, 0) is 19.1 Å². The molecule has 0 radical (unpaired) electrons. The van der Waals surface area contributed by atoms with Gasteiger partial charge < -0.3 is 9.80 Å². The molecule has 1 aromatic heterocycles. The fourth-order valence-corrected chi connectivity index (χ4v) is 2.26. The molecule has 27 heavy (non-hydrogen) atoms. The molecule has 0 aliphatic rings. The van der Waals surface area contributed by atoms with Crippen molar-refractivity contribution >= 4 is 11.6 Å². The predicted molar refractivity (Wildman–Crippen MR) is 101 cm³/mol. The van der Waals surface area contributed by atoms with Gasteiger partial charge in [-0.25, -0.2) is 4.98 Å². The number of hydrogen-bond acceptors (Lipinski definition) is 4. The zero-order chi connectivity index (χ0) is 20.4. The SMILES string of the molecule is CC(=CC(=O)c1ccc(-c2cc(C(F)(F)F)cc(N(C)C)n2)cc1)N(C)C. The van der Waals surface area contributed by atoms with Gasteiger partial charge in [0.1, 0.15) is 5.82 Å². The van der Waals surface area contributed by atoms with Crippen molar-refractivity contribution in [1.29, 1.82) is 0 Å². The predicted octanol–water partition coefficient (Wildman–Crippen LogP) is 4.48. The molecule has 0 aliphatic carbocycles. The van der Waals surface area contributed by atoms with E-state index in [0.29, 0.717) is 11.1 Å². The van der Waals surface area contributed by atoms with Crippen LogP contribution in [0.1, 0.15) is 22.8 Å². The van der Waals surface area contributed by atoms with Gasteiger partial charge in [-0.3, -0.25) is 4.79 Å². The molecule has 0 saturated heterocycles. The van der Waals surface area contributed by atoms with E-state index in [9.17, 15) is 18.0 Å². The number of carbonyl (C=O) groups is 1. The Hall–Kier alpha value is -2.83. The molecule has 1 aromatic carbocycles. The van der Waals surface area contributed by atoms with Crippen LogP contribution >= 0.6 is 0 Å². The average molecular weight is 377 g/mol. The minimum absolute atomic E-state index is 0.168. The van der Waals surface area contributed by atoms with Gasteiger partial charge >= 0.3 is 6.18 Å². The molecule has 2 aromatic rings. The molecule has 0 aliphatic heterocycles. The molecule has 0 N–H and O–H groups in total. The van der Waals surface area contributed by atoms with Crippen LogP contribution in [0.15, 0.2) is 48.2 Å². The van der Waals surface area contributed by atoms with E-state index in [-0.39, 0.29) is 17.3 Å². The molecule has 0 atom stereocenters. The van der Waals surface area contributed by atoms with Crippen LogP contribution in [0.2, 0.25) is 0 Å². The van der Waals surface area contributed by atoms with Crippen LogP contribution in [0, 0.1) is 0 Å². The van der Waals surface area contributed by atoms with E-state index in [0.717, 1.165) is 17.8 Å². The molecule has 0 amide bonds. The van der Waals surface area contributed by atoms with E-state index < -0.39 is 11.7 Å². The Morgan fingerprint density at radius 1 is 1.04 bits per heavy atom. The van der Waals surface area contributed by atoms with E-state index in [1.165, 1.54) is 11.0 Å². The Morgan fingerprint density at radius 3 is 2.11 bits per heavy atom. The van der Waals surface area contributed by atoms with Crippen molar-refractivity contribution in [1.82, 2.24) is 9.88 Å². The fourth-order valence-electron chi connectivity index (χ4n) is 2.26. The lowest BCUT2D eigenvalue weighted by atomic mass is 10.0. The zero-order valence-electron chi connectivity index (χ0n) is 15.9. The normalized spacial score (nSPS) is 12.1. The molecular weight excluding hydrogens is 355 g/mol. The monoisotopic (exact) mass is 377 g/mol. The van der Waals surface area contributed by atoms with Crippen LogP contribution < -0.4 is 4.90 Å². The molecule has 0 fully saturated rings. The van der Waals surface area contributed by atoms with Crippen LogP contribution in [-0.4, -0.2) is 43.9 Å². The third-order valence-electron chi connectivity index (χ3n) is 4.11. The highest BCUT2D eigenvalue weighted by Crippen LogP contribution is 2.33. The Morgan fingerprint density at radius 2 is 1.63 bits per heavy atom. The largest absolute Gasteiger partial charge is 0.416 e. The van der Waals surface area contributed by atoms with Crippen molar-refractivity contribution in [3.05, 3.63) is 59.3 Å². The average Bonchev–Trinajstić information content (AvgIpc) is 2.60. The van der Waals surface area contributed by atoms with Gasteiger partial charge in [-0.1, -0.05) is 24.3 Å². The smallest absolute Gasteiger partial charge is 0.381 e. The number of carbonyl (C=O) groups excluding carboxylic acids is 1. The summed E-state index contributed by atoms with van der Waals surface area (Å²) in [6.45, 7) is 1.82. The number of aromatic nitrogens is 1. The highest BCUT2D eigenvalue weighted by atomic mass is 19.4. The van der Waals surface area contributed by atoms with Crippen LogP contribution in [0.25, 0.3) is 11.3 Å². The van der Waals surface area contributed by atoms with Gasteiger partial charge in [-0.15, -0.1) is 0 Å². The minimum Gasteiger partial charge on any atom is -0.381 e. The van der Waals surface area contributed by atoms with Gasteiger partial charge in [0, 0.05) is 51.1 Å². The number of hydrogen-bond donors (Lipinski definition) is 0. The third kappa shape index (κ3) is 5.09. The van der Waals surface area contributed by atoms with E-state index in [1.807, 2.05) is 25.9 Å². The Balaban J connectivity index is 2.41. The van der Waals surface area contributed by atoms with Gasteiger partial charge in [0.2, 0.25) is 0 Å². The summed E-state index contributed by atoms with van der Waals surface area (Å²) in [7, 11) is 6.94. The van der Waals surface area contributed by atoms with Gasteiger partial charge in [-0.2, -0.15) is 13.2 Å². The van der Waals surface area contributed by atoms with Crippen molar-refractivity contribution in [2.45, 2.75) is 13.1 Å². The minimum atomic E-state index is -4.47. The van der Waals surface area contributed by atoms with Crippen LogP contribution in [-0.2, 0) is 6.18 Å². The Labute approximate surface area is 156 Å². The van der Waals surface area contributed by atoms with Crippen LogP contribution in [0.5, 0.6) is 0 Å². The molecule has 0 unspecified atom stereocenters. The number of ketones is 1. The first kappa shape index (κ1) is 20.5. The number of nitrogens with zero attached hydrogens (tertiary/aromatic N) is 3. The van der Waals surface area contributed by atoms with E-state index in [1.54, 1.807) is 38.4 Å². The molecular formula is C20H22F3N3O. The first-order chi connectivity index (χ1) is 12.5. The lowest BCUT2D eigenvalue weighted by molar-refractivity contribution is -0.137. The molecule has 0 bridgehead atoms. The number of halogens is 3. The number of anilines is 1. The zero-order valence-corrected chi connectivity index (χ0v) is 15.9. The van der Waals surface area contributed by atoms with E-state index in [2.05, 4.69) is 4.98 Å². The summed E-state index contributed by atoms with van der Waals surface area (Å²) in [6, 6.07) is 8.42. The summed E-state index contributed by atoms with van der Waals surface area (Å²) < 4.78 is 39.5. The summed E-state index contributed by atoms with van der Waals surface area (Å²) in [5.74, 6) is 0.0447. The number of alkyl halides is 3. The quantitative estimate of drug-likeness (QED) is 0.569. The number of rotatable bonds is 5. The molecule has 0 spiro atoms. The topological polar surface area (TPSA) is 36.4 Å². The third-order valence-corrected chi connectivity index (χ3v) is 4.11. The van der Waals surface area contributed by atoms with Crippen molar-refractivity contribution < 1.29 is 18.0 Å². The first-order valence-corrected chi connectivity index (χ1v) is 8.26.